The Morgan fingerprint density at radius 2 is 1.11 bits per heavy atom. The Bertz CT molecular complexity index is 1710. The zero-order chi connectivity index (χ0) is 25.6. The van der Waals surface area contributed by atoms with Gasteiger partial charge in [0, 0.05) is 60.4 Å². The first-order chi connectivity index (χ1) is 18.6. The number of rotatable bonds is 2. The second-order valence-corrected chi connectivity index (χ2v) is 10.0. The Labute approximate surface area is 221 Å². The molecule has 0 amide bonds. The maximum Gasteiger partial charge on any atom is 0.0737 e. The Morgan fingerprint density at radius 1 is 0.605 bits per heavy atom. The number of aromatic nitrogens is 4. The summed E-state index contributed by atoms with van der Waals surface area (Å²) >= 11 is 0. The molecule has 0 spiro atoms. The van der Waals surface area contributed by atoms with Gasteiger partial charge in [0.2, 0.25) is 0 Å². The van der Waals surface area contributed by atoms with Crippen LogP contribution in [0.3, 0.4) is 0 Å². The van der Waals surface area contributed by atoms with E-state index in [1.165, 1.54) is 5.57 Å². The Balaban J connectivity index is 1.52. The van der Waals surface area contributed by atoms with Gasteiger partial charge in [-0.15, -0.1) is 0 Å². The third-order valence-corrected chi connectivity index (χ3v) is 7.19. The Kier molecular flexibility index (Phi) is 5.25. The third kappa shape index (κ3) is 4.10. The second kappa shape index (κ2) is 8.92. The summed E-state index contributed by atoms with van der Waals surface area (Å²) in [5, 5.41) is 0. The lowest BCUT2D eigenvalue weighted by Gasteiger charge is -2.18. The van der Waals surface area contributed by atoms with E-state index >= 15 is 0 Å². The van der Waals surface area contributed by atoms with Gasteiger partial charge < -0.3 is 19.8 Å². The number of allylic oxidation sites excluding steroid dienone is 4. The van der Waals surface area contributed by atoms with Crippen molar-refractivity contribution in [3.8, 4) is 0 Å². The maximum absolute atomic E-state index is 5.02. The molecule has 38 heavy (non-hydrogen) atoms. The van der Waals surface area contributed by atoms with E-state index in [2.05, 4.69) is 131 Å². The van der Waals surface area contributed by atoms with Gasteiger partial charge in [0.15, 0.2) is 0 Å². The molecule has 3 aromatic rings. The largest absolute Gasteiger partial charge is 0.377 e. The van der Waals surface area contributed by atoms with E-state index in [4.69, 9.17) is 9.97 Å². The number of H-pyrrole nitrogens is 2. The quantitative estimate of drug-likeness (QED) is 0.299. The van der Waals surface area contributed by atoms with Crippen molar-refractivity contribution >= 4 is 57.5 Å². The van der Waals surface area contributed by atoms with Crippen LogP contribution in [0.4, 0.5) is 0 Å². The first-order valence-corrected chi connectivity index (χ1v) is 12.9. The predicted octanol–water partition coefficient (Wildman–Crippen LogP) is 6.34. The summed E-state index contributed by atoms with van der Waals surface area (Å²) in [5.74, 6) is 0. The lowest BCUT2D eigenvalue weighted by atomic mass is 10.0. The van der Waals surface area contributed by atoms with E-state index < -0.39 is 0 Å². The zero-order valence-electron chi connectivity index (χ0n) is 21.4. The molecule has 4 aliphatic rings. The van der Waals surface area contributed by atoms with Crippen molar-refractivity contribution in [3.63, 3.8) is 0 Å². The fraction of sp³-hybridized carbons (Fsp3) is 0.125. The summed E-state index contributed by atoms with van der Waals surface area (Å²) in [7, 11) is 4.16. The minimum atomic E-state index is 0.853. The molecule has 186 valence electrons. The molecule has 0 saturated heterocycles. The minimum absolute atomic E-state index is 0.853. The molecule has 0 unspecified atom stereocenters. The van der Waals surface area contributed by atoms with Crippen LogP contribution in [0.25, 0.3) is 57.5 Å². The van der Waals surface area contributed by atoms with Gasteiger partial charge in [-0.3, -0.25) is 0 Å². The molecular weight excluding hydrogens is 468 g/mol. The lowest BCUT2D eigenvalue weighted by Crippen LogP contribution is -2.13. The summed E-state index contributed by atoms with van der Waals surface area (Å²) < 4.78 is 0. The summed E-state index contributed by atoms with van der Waals surface area (Å²) in [6, 6.07) is 12.7. The van der Waals surface area contributed by atoms with E-state index in [0.717, 1.165) is 74.6 Å². The van der Waals surface area contributed by atoms with Crippen LogP contribution in [0.2, 0.25) is 0 Å². The molecule has 0 radical (unpaired) electrons. The highest BCUT2D eigenvalue weighted by atomic mass is 15.1. The summed E-state index contributed by atoms with van der Waals surface area (Å²) in [4.78, 5) is 21.6. The molecule has 0 aromatic carbocycles. The third-order valence-electron chi connectivity index (χ3n) is 7.19. The van der Waals surface area contributed by atoms with Crippen molar-refractivity contribution in [2.75, 3.05) is 27.2 Å². The zero-order valence-corrected chi connectivity index (χ0v) is 21.4. The number of hydrogen-bond donors (Lipinski definition) is 2. The minimum Gasteiger partial charge on any atom is -0.377 e. The number of hydrogen-bond acceptors (Lipinski definition) is 4. The van der Waals surface area contributed by atoms with Crippen molar-refractivity contribution in [2.24, 2.45) is 0 Å². The number of likely N-dealkylation sites (N-methyl/N-ethyl adjacent to an activating group) is 2. The highest BCUT2D eigenvalue weighted by Crippen LogP contribution is 2.31. The van der Waals surface area contributed by atoms with Crippen molar-refractivity contribution in [1.29, 1.82) is 0 Å². The van der Waals surface area contributed by atoms with E-state index in [1.54, 1.807) is 0 Å². The fourth-order valence-corrected chi connectivity index (χ4v) is 5.21. The molecule has 6 nitrogen and oxygen atoms in total. The molecule has 0 atom stereocenters. The molecule has 0 aliphatic carbocycles. The molecule has 0 fully saturated rings. The van der Waals surface area contributed by atoms with E-state index in [0.29, 0.717) is 0 Å². The van der Waals surface area contributed by atoms with Crippen molar-refractivity contribution < 1.29 is 0 Å². The van der Waals surface area contributed by atoms with Crippen LogP contribution in [0.15, 0.2) is 73.1 Å². The van der Waals surface area contributed by atoms with Gasteiger partial charge in [-0.2, -0.15) is 0 Å². The average Bonchev–Trinajstić information content (AvgIpc) is 3.72. The molecule has 0 saturated carbocycles. The number of nitrogens with one attached hydrogen (secondary N) is 2. The first-order valence-electron chi connectivity index (χ1n) is 12.9. The van der Waals surface area contributed by atoms with Gasteiger partial charge in [-0.1, -0.05) is 12.2 Å². The second-order valence-electron chi connectivity index (χ2n) is 10.0. The van der Waals surface area contributed by atoms with Crippen LogP contribution in [-0.2, 0) is 0 Å². The number of fused-ring (bicyclic) bond motifs is 8. The van der Waals surface area contributed by atoms with Crippen LogP contribution in [0.5, 0.6) is 0 Å². The molecule has 7 heterocycles. The highest BCUT2D eigenvalue weighted by molar-refractivity contribution is 5.94. The van der Waals surface area contributed by atoms with Crippen LogP contribution in [0.1, 0.15) is 33.9 Å². The molecule has 7 rings (SSSR count). The molecule has 8 bridgehead atoms. The van der Waals surface area contributed by atoms with Crippen molar-refractivity contribution in [1.82, 2.24) is 29.7 Å². The highest BCUT2D eigenvalue weighted by Gasteiger charge is 2.16. The number of aromatic amines is 2. The summed E-state index contributed by atoms with van der Waals surface area (Å²) in [6.45, 7) is 1.72. The normalized spacial score (nSPS) is 16.3. The topological polar surface area (TPSA) is 63.8 Å². The van der Waals surface area contributed by atoms with Gasteiger partial charge in [0.25, 0.3) is 0 Å². The van der Waals surface area contributed by atoms with Gasteiger partial charge >= 0.3 is 0 Å². The summed E-state index contributed by atoms with van der Waals surface area (Å²) in [6.07, 6.45) is 21.4. The fourth-order valence-electron chi connectivity index (χ4n) is 5.21. The van der Waals surface area contributed by atoms with Crippen molar-refractivity contribution in [3.05, 3.63) is 107 Å². The molecular formula is C32H28N6. The van der Waals surface area contributed by atoms with Crippen LogP contribution in [-0.4, -0.2) is 56.9 Å². The van der Waals surface area contributed by atoms with Crippen molar-refractivity contribution in [2.45, 2.75) is 0 Å². The maximum atomic E-state index is 5.02. The van der Waals surface area contributed by atoms with Crippen LogP contribution >= 0.6 is 0 Å². The van der Waals surface area contributed by atoms with Gasteiger partial charge in [-0.25, -0.2) is 9.97 Å². The van der Waals surface area contributed by atoms with E-state index in [1.807, 2.05) is 0 Å². The van der Waals surface area contributed by atoms with Crippen LogP contribution < -0.4 is 0 Å². The Morgan fingerprint density at radius 3 is 1.58 bits per heavy atom. The SMILES string of the molecule is CN1C=CC(c2c3nc(cc4ccc([nH]4)c(C4=CCN(C)C=C4)c4ccc(cc5nc2C=C5)[nH]4)C=C3)=CC1. The smallest absolute Gasteiger partial charge is 0.0737 e. The van der Waals surface area contributed by atoms with E-state index in [9.17, 15) is 0 Å². The van der Waals surface area contributed by atoms with Gasteiger partial charge in [-0.05, 0) is 96.4 Å². The molecule has 4 aliphatic heterocycles. The first kappa shape index (κ1) is 22.4. The number of nitrogens with zero attached hydrogens (tertiary/aromatic N) is 4. The monoisotopic (exact) mass is 496 g/mol. The van der Waals surface area contributed by atoms with E-state index in [-0.39, 0.29) is 0 Å². The van der Waals surface area contributed by atoms with Gasteiger partial charge in [0.05, 0.1) is 22.8 Å². The predicted molar refractivity (Wildman–Crippen MR) is 158 cm³/mol. The molecule has 3 aromatic heterocycles. The molecule has 2 N–H and O–H groups in total. The molecule has 6 heteroatoms. The Hall–Kier alpha value is -4.84. The van der Waals surface area contributed by atoms with Gasteiger partial charge in [0.1, 0.15) is 0 Å². The lowest BCUT2D eigenvalue weighted by molar-refractivity contribution is 0.506. The van der Waals surface area contributed by atoms with Crippen LogP contribution in [0, 0.1) is 0 Å². The average molecular weight is 497 g/mol. The summed E-state index contributed by atoms with van der Waals surface area (Å²) in [5.41, 5.74) is 12.4. The standard InChI is InChI=1S/C32H28N6/c1-37-15-11-21(12-16-37)31-27-7-3-23(33-27)19-25-5-9-29(35-25)32(22-13-17-38(2)18-14-22)30-10-6-26(36-30)20-24-4-8-28(31)34-24/h3-15,17,19-20,33-34H,16,18H2,1-2H3.